The summed E-state index contributed by atoms with van der Waals surface area (Å²) in [5, 5.41) is 9.82. The van der Waals surface area contributed by atoms with Crippen LogP contribution in [0.5, 0.6) is 0 Å². The molecule has 0 aromatic carbocycles. The zero-order chi connectivity index (χ0) is 10.3. The maximum Gasteiger partial charge on any atom is 0.159 e. The summed E-state index contributed by atoms with van der Waals surface area (Å²) in [7, 11) is 3.09. The van der Waals surface area contributed by atoms with Crippen LogP contribution in [-0.4, -0.2) is 31.2 Å². The Bertz CT molecular complexity index is 165. The average Bonchev–Trinajstić information content (AvgIpc) is 2.11. The molecule has 0 radical (unpaired) electrons. The number of hydrogen-bond acceptors (Lipinski definition) is 3. The van der Waals surface area contributed by atoms with Gasteiger partial charge in [0.15, 0.2) is 6.29 Å². The summed E-state index contributed by atoms with van der Waals surface area (Å²) in [6, 6.07) is 0. The topological polar surface area (TPSA) is 38.7 Å². The lowest BCUT2D eigenvalue weighted by Crippen LogP contribution is -2.31. The van der Waals surface area contributed by atoms with Crippen LogP contribution in [0.1, 0.15) is 26.2 Å². The zero-order valence-electron chi connectivity index (χ0n) is 8.54. The van der Waals surface area contributed by atoms with E-state index in [-0.39, 0.29) is 6.29 Å². The second-order valence-electron chi connectivity index (χ2n) is 3.31. The molecule has 0 heterocycles. The Morgan fingerprint density at radius 1 is 1.46 bits per heavy atom. The Kier molecular flexibility index (Phi) is 5.72. The van der Waals surface area contributed by atoms with E-state index in [9.17, 15) is 5.11 Å². The molecule has 0 aromatic rings. The summed E-state index contributed by atoms with van der Waals surface area (Å²) in [6.07, 6.45) is 6.30. The lowest BCUT2D eigenvalue weighted by Gasteiger charge is -2.26. The third kappa shape index (κ3) is 5.64. The predicted octanol–water partition coefficient (Wildman–Crippen LogP) is 1.16. The van der Waals surface area contributed by atoms with E-state index >= 15 is 0 Å². The smallest absolute Gasteiger partial charge is 0.159 e. The largest absolute Gasteiger partial charge is 0.390 e. The van der Waals surface area contributed by atoms with Gasteiger partial charge in [-0.2, -0.15) is 0 Å². The Morgan fingerprint density at radius 2 is 2.00 bits per heavy atom. The fraction of sp³-hybridized carbons (Fsp3) is 0.800. The van der Waals surface area contributed by atoms with Gasteiger partial charge in [0.1, 0.15) is 0 Å². The maximum absolute atomic E-state index is 9.82. The summed E-state index contributed by atoms with van der Waals surface area (Å²) < 4.78 is 9.96. The normalized spacial score (nSPS) is 15.4. The minimum absolute atomic E-state index is 0.368. The van der Waals surface area contributed by atoms with E-state index in [0.717, 1.165) is 0 Å². The SMILES string of the molecule is C#CCCC(C)(O)CC(OC)OC. The zero-order valence-corrected chi connectivity index (χ0v) is 8.54. The van der Waals surface area contributed by atoms with E-state index in [4.69, 9.17) is 15.9 Å². The number of terminal acetylenes is 1. The minimum atomic E-state index is -0.816. The first-order chi connectivity index (χ1) is 6.05. The Labute approximate surface area is 80.0 Å². The van der Waals surface area contributed by atoms with Gasteiger partial charge in [-0.05, 0) is 13.3 Å². The van der Waals surface area contributed by atoms with Crippen LogP contribution in [0.4, 0.5) is 0 Å². The van der Waals surface area contributed by atoms with Crippen molar-refractivity contribution in [3.05, 3.63) is 0 Å². The highest BCUT2D eigenvalue weighted by atomic mass is 16.7. The molecule has 0 saturated heterocycles. The Morgan fingerprint density at radius 3 is 2.38 bits per heavy atom. The van der Waals surface area contributed by atoms with Crippen LogP contribution >= 0.6 is 0 Å². The number of hydrogen-bond donors (Lipinski definition) is 1. The van der Waals surface area contributed by atoms with Crippen LogP contribution < -0.4 is 0 Å². The number of ether oxygens (including phenoxy) is 2. The van der Waals surface area contributed by atoms with E-state index in [2.05, 4.69) is 5.92 Å². The highest BCUT2D eigenvalue weighted by molar-refractivity contribution is 4.87. The summed E-state index contributed by atoms with van der Waals surface area (Å²) in [5.74, 6) is 2.49. The van der Waals surface area contributed by atoms with Crippen molar-refractivity contribution in [1.29, 1.82) is 0 Å². The molecular weight excluding hydrogens is 168 g/mol. The molecule has 13 heavy (non-hydrogen) atoms. The summed E-state index contributed by atoms with van der Waals surface area (Å²) in [5.41, 5.74) is -0.816. The lowest BCUT2D eigenvalue weighted by atomic mass is 9.96. The van der Waals surface area contributed by atoms with Crippen molar-refractivity contribution in [2.24, 2.45) is 0 Å². The summed E-state index contributed by atoms with van der Waals surface area (Å²) in [4.78, 5) is 0. The number of aliphatic hydroxyl groups is 1. The van der Waals surface area contributed by atoms with Crippen molar-refractivity contribution in [3.8, 4) is 12.3 Å². The lowest BCUT2D eigenvalue weighted by molar-refractivity contribution is -0.141. The average molecular weight is 186 g/mol. The molecule has 0 aliphatic heterocycles. The van der Waals surface area contributed by atoms with Crippen molar-refractivity contribution in [2.45, 2.75) is 38.1 Å². The van der Waals surface area contributed by atoms with Gasteiger partial charge in [-0.15, -0.1) is 12.3 Å². The van der Waals surface area contributed by atoms with E-state index in [1.54, 1.807) is 21.1 Å². The van der Waals surface area contributed by atoms with Gasteiger partial charge in [0.25, 0.3) is 0 Å². The molecular formula is C10H18O3. The number of rotatable bonds is 6. The van der Waals surface area contributed by atoms with Gasteiger partial charge in [0.2, 0.25) is 0 Å². The Hall–Kier alpha value is -0.560. The molecule has 0 rings (SSSR count). The summed E-state index contributed by atoms with van der Waals surface area (Å²) in [6.45, 7) is 1.73. The summed E-state index contributed by atoms with van der Waals surface area (Å²) >= 11 is 0. The molecule has 1 N–H and O–H groups in total. The highest BCUT2D eigenvalue weighted by Gasteiger charge is 2.24. The fourth-order valence-corrected chi connectivity index (χ4v) is 1.07. The van der Waals surface area contributed by atoms with E-state index in [1.807, 2.05) is 0 Å². The molecule has 0 aliphatic carbocycles. The van der Waals surface area contributed by atoms with Crippen LogP contribution in [-0.2, 0) is 9.47 Å². The first kappa shape index (κ1) is 12.4. The molecule has 0 aliphatic rings. The molecule has 0 saturated carbocycles. The molecule has 1 unspecified atom stereocenters. The molecule has 0 bridgehead atoms. The van der Waals surface area contributed by atoms with Crippen LogP contribution in [0, 0.1) is 12.3 Å². The fourth-order valence-electron chi connectivity index (χ4n) is 1.07. The maximum atomic E-state index is 9.82. The van der Waals surface area contributed by atoms with E-state index in [1.165, 1.54) is 0 Å². The van der Waals surface area contributed by atoms with Gasteiger partial charge in [-0.25, -0.2) is 0 Å². The standard InChI is InChI=1S/C10H18O3/c1-5-6-7-10(2,11)8-9(12-3)13-4/h1,9,11H,6-8H2,2-4H3. The third-order valence-corrected chi connectivity index (χ3v) is 1.94. The third-order valence-electron chi connectivity index (χ3n) is 1.94. The van der Waals surface area contributed by atoms with Gasteiger partial charge < -0.3 is 14.6 Å². The molecule has 0 amide bonds. The van der Waals surface area contributed by atoms with Crippen LogP contribution in [0.2, 0.25) is 0 Å². The monoisotopic (exact) mass is 186 g/mol. The van der Waals surface area contributed by atoms with Gasteiger partial charge in [-0.3, -0.25) is 0 Å². The van der Waals surface area contributed by atoms with Crippen LogP contribution in [0.15, 0.2) is 0 Å². The Balaban J connectivity index is 3.92. The van der Waals surface area contributed by atoms with Crippen molar-refractivity contribution in [3.63, 3.8) is 0 Å². The van der Waals surface area contributed by atoms with Crippen molar-refractivity contribution in [2.75, 3.05) is 14.2 Å². The highest BCUT2D eigenvalue weighted by Crippen LogP contribution is 2.19. The van der Waals surface area contributed by atoms with Crippen molar-refractivity contribution in [1.82, 2.24) is 0 Å². The molecule has 0 spiro atoms. The predicted molar refractivity (Wildman–Crippen MR) is 51.1 cm³/mol. The van der Waals surface area contributed by atoms with Crippen LogP contribution in [0.25, 0.3) is 0 Å². The van der Waals surface area contributed by atoms with Crippen molar-refractivity contribution < 1.29 is 14.6 Å². The minimum Gasteiger partial charge on any atom is -0.390 e. The molecule has 1 atom stereocenters. The van der Waals surface area contributed by atoms with Crippen LogP contribution in [0.3, 0.4) is 0 Å². The second kappa shape index (κ2) is 5.98. The molecule has 76 valence electrons. The van der Waals surface area contributed by atoms with Gasteiger partial charge in [0, 0.05) is 27.1 Å². The van der Waals surface area contributed by atoms with Gasteiger partial charge >= 0.3 is 0 Å². The molecule has 3 heteroatoms. The quantitative estimate of drug-likeness (QED) is 0.499. The van der Waals surface area contributed by atoms with Crippen molar-refractivity contribution >= 4 is 0 Å². The molecule has 0 fully saturated rings. The first-order valence-corrected chi connectivity index (χ1v) is 4.27. The molecule has 3 nitrogen and oxygen atoms in total. The van der Waals surface area contributed by atoms with Gasteiger partial charge in [-0.1, -0.05) is 0 Å². The van der Waals surface area contributed by atoms with E-state index in [0.29, 0.717) is 19.3 Å². The first-order valence-electron chi connectivity index (χ1n) is 4.27. The van der Waals surface area contributed by atoms with E-state index < -0.39 is 5.60 Å². The second-order valence-corrected chi connectivity index (χ2v) is 3.31. The molecule has 0 aromatic heterocycles. The number of methoxy groups -OCH3 is 2. The van der Waals surface area contributed by atoms with Gasteiger partial charge in [0.05, 0.1) is 5.60 Å².